The van der Waals surface area contributed by atoms with E-state index in [-0.39, 0.29) is 5.91 Å². The van der Waals surface area contributed by atoms with E-state index in [1.165, 1.54) is 19.5 Å². The van der Waals surface area contributed by atoms with Crippen LogP contribution in [0.5, 0.6) is 0 Å². The number of hydrogen-bond donors (Lipinski definition) is 1. The molecule has 0 aromatic heterocycles. The number of benzene rings is 1. The summed E-state index contributed by atoms with van der Waals surface area (Å²) in [6, 6.07) is 6.05. The van der Waals surface area contributed by atoms with Crippen LogP contribution in [-0.2, 0) is 0 Å². The summed E-state index contributed by atoms with van der Waals surface area (Å²) in [4.78, 5) is 17.3. The van der Waals surface area contributed by atoms with Gasteiger partial charge in [-0.05, 0) is 57.3 Å². The van der Waals surface area contributed by atoms with Gasteiger partial charge in [0.1, 0.15) is 0 Å². The molecule has 4 nitrogen and oxygen atoms in total. The maximum absolute atomic E-state index is 12.9. The van der Waals surface area contributed by atoms with Gasteiger partial charge >= 0.3 is 0 Å². The quantitative estimate of drug-likeness (QED) is 0.912. The van der Waals surface area contributed by atoms with Crippen LogP contribution in [0, 0.1) is 12.3 Å². The number of aryl methyl sites for hydroxylation is 1. The smallest absolute Gasteiger partial charge is 0.255 e. The van der Waals surface area contributed by atoms with E-state index < -0.39 is 0 Å². The third kappa shape index (κ3) is 2.84. The Morgan fingerprint density at radius 2 is 1.86 bits per heavy atom. The van der Waals surface area contributed by atoms with Crippen LogP contribution >= 0.6 is 0 Å². The fourth-order valence-electron chi connectivity index (χ4n) is 3.97. The Morgan fingerprint density at radius 1 is 1.18 bits per heavy atom. The van der Waals surface area contributed by atoms with Crippen molar-refractivity contribution in [3.8, 4) is 0 Å². The molecule has 0 atom stereocenters. The third-order valence-electron chi connectivity index (χ3n) is 5.42. The predicted octanol–water partition coefficient (Wildman–Crippen LogP) is 2.59. The van der Waals surface area contributed by atoms with Crippen molar-refractivity contribution in [1.29, 1.82) is 0 Å². The second-order valence-electron chi connectivity index (χ2n) is 7.08. The molecular formula is C18H27N3O. The summed E-state index contributed by atoms with van der Waals surface area (Å²) in [6.45, 7) is 6.22. The van der Waals surface area contributed by atoms with Crippen LogP contribution in [0.25, 0.3) is 0 Å². The maximum atomic E-state index is 12.9. The summed E-state index contributed by atoms with van der Waals surface area (Å²) in [7, 11) is 4.08. The zero-order chi connectivity index (χ0) is 15.7. The molecule has 120 valence electrons. The van der Waals surface area contributed by atoms with Crippen molar-refractivity contribution in [1.82, 2.24) is 9.80 Å². The minimum Gasteiger partial charge on any atom is -0.387 e. The van der Waals surface area contributed by atoms with Gasteiger partial charge in [0.05, 0.1) is 5.56 Å². The first-order valence-corrected chi connectivity index (χ1v) is 8.29. The lowest BCUT2D eigenvalue weighted by atomic mass is 9.77. The van der Waals surface area contributed by atoms with E-state index in [1.807, 2.05) is 37.1 Å². The first-order chi connectivity index (χ1) is 10.5. The second-order valence-corrected chi connectivity index (χ2v) is 7.08. The summed E-state index contributed by atoms with van der Waals surface area (Å²) in [5, 5.41) is 3.14. The molecule has 2 aliphatic heterocycles. The Bertz CT molecular complexity index is 561. The molecule has 2 fully saturated rings. The highest BCUT2D eigenvalue weighted by Crippen LogP contribution is 2.40. The Hall–Kier alpha value is -1.55. The summed E-state index contributed by atoms with van der Waals surface area (Å²) in [5.41, 5.74) is 3.33. The number of piperidine rings is 1. The number of carbonyl (C=O) groups is 1. The average Bonchev–Trinajstić information content (AvgIpc) is 2.88. The van der Waals surface area contributed by atoms with Crippen molar-refractivity contribution < 1.29 is 4.79 Å². The fourth-order valence-corrected chi connectivity index (χ4v) is 3.97. The Labute approximate surface area is 133 Å². The maximum Gasteiger partial charge on any atom is 0.255 e. The van der Waals surface area contributed by atoms with Crippen molar-refractivity contribution in [2.24, 2.45) is 5.41 Å². The second kappa shape index (κ2) is 5.92. The molecule has 2 aliphatic rings. The molecule has 1 aromatic carbocycles. The number of nitrogens with one attached hydrogen (secondary N) is 1. The van der Waals surface area contributed by atoms with Crippen LogP contribution in [0.1, 0.15) is 35.2 Å². The number of carbonyl (C=O) groups excluding carboxylic acids is 1. The van der Waals surface area contributed by atoms with Crippen molar-refractivity contribution in [3.63, 3.8) is 0 Å². The van der Waals surface area contributed by atoms with Gasteiger partial charge in [-0.3, -0.25) is 4.79 Å². The minimum absolute atomic E-state index is 0.175. The average molecular weight is 301 g/mol. The van der Waals surface area contributed by atoms with Crippen molar-refractivity contribution in [2.45, 2.75) is 26.2 Å². The first-order valence-electron chi connectivity index (χ1n) is 8.29. The monoisotopic (exact) mass is 301 g/mol. The molecule has 4 heteroatoms. The highest BCUT2D eigenvalue weighted by atomic mass is 16.2. The van der Waals surface area contributed by atoms with E-state index >= 15 is 0 Å². The highest BCUT2D eigenvalue weighted by Gasteiger charge is 2.40. The molecule has 0 bridgehead atoms. The van der Waals surface area contributed by atoms with E-state index in [4.69, 9.17) is 0 Å². The standard InChI is InChI=1S/C18H27N3O/c1-14-4-5-16(19-2)15(12-14)17(22)21-10-7-18(8-11-21)6-9-20(3)13-18/h4-5,12,19H,6-11,13H2,1-3H3. The molecule has 0 aliphatic carbocycles. The van der Waals surface area contributed by atoms with Crippen LogP contribution in [0.3, 0.4) is 0 Å². The summed E-state index contributed by atoms with van der Waals surface area (Å²) in [6.07, 6.45) is 3.57. The SMILES string of the molecule is CNc1ccc(C)cc1C(=O)N1CCC2(CCN(C)C2)CC1. The molecular weight excluding hydrogens is 274 g/mol. The molecule has 2 saturated heterocycles. The lowest BCUT2D eigenvalue weighted by Crippen LogP contribution is -2.44. The molecule has 3 rings (SSSR count). The number of hydrogen-bond acceptors (Lipinski definition) is 3. The number of amides is 1. The van der Waals surface area contributed by atoms with Crippen LogP contribution in [-0.4, -0.2) is 56.0 Å². The Balaban J connectivity index is 1.71. The van der Waals surface area contributed by atoms with E-state index in [0.717, 1.165) is 42.7 Å². The summed E-state index contributed by atoms with van der Waals surface area (Å²) in [5.74, 6) is 0.175. The lowest BCUT2D eigenvalue weighted by Gasteiger charge is -2.39. The molecule has 1 amide bonds. The molecule has 1 N–H and O–H groups in total. The zero-order valence-corrected chi connectivity index (χ0v) is 14.0. The lowest BCUT2D eigenvalue weighted by molar-refractivity contribution is 0.0595. The highest BCUT2D eigenvalue weighted by molar-refractivity contribution is 5.99. The van der Waals surface area contributed by atoms with Crippen molar-refractivity contribution >= 4 is 11.6 Å². The Morgan fingerprint density at radius 3 is 2.45 bits per heavy atom. The number of likely N-dealkylation sites (tertiary alicyclic amines) is 2. The van der Waals surface area contributed by atoms with Gasteiger partial charge in [0, 0.05) is 32.4 Å². The molecule has 0 radical (unpaired) electrons. The molecule has 1 aromatic rings. The van der Waals surface area contributed by atoms with E-state index in [0.29, 0.717) is 5.41 Å². The van der Waals surface area contributed by atoms with E-state index in [9.17, 15) is 4.79 Å². The predicted molar refractivity (Wildman–Crippen MR) is 90.4 cm³/mol. The van der Waals surface area contributed by atoms with E-state index in [2.05, 4.69) is 17.3 Å². The number of nitrogens with zero attached hydrogens (tertiary/aromatic N) is 2. The van der Waals surface area contributed by atoms with Gasteiger partial charge in [-0.15, -0.1) is 0 Å². The molecule has 2 heterocycles. The van der Waals surface area contributed by atoms with Gasteiger partial charge < -0.3 is 15.1 Å². The van der Waals surface area contributed by atoms with Gasteiger partial charge in [0.2, 0.25) is 0 Å². The summed E-state index contributed by atoms with van der Waals surface area (Å²) < 4.78 is 0. The molecule has 1 spiro atoms. The topological polar surface area (TPSA) is 35.6 Å². The number of anilines is 1. The van der Waals surface area contributed by atoms with Gasteiger partial charge in [-0.2, -0.15) is 0 Å². The van der Waals surface area contributed by atoms with Crippen LogP contribution in [0.15, 0.2) is 18.2 Å². The Kier molecular flexibility index (Phi) is 4.13. The molecule has 22 heavy (non-hydrogen) atoms. The van der Waals surface area contributed by atoms with Crippen LogP contribution < -0.4 is 5.32 Å². The van der Waals surface area contributed by atoms with Crippen molar-refractivity contribution in [2.75, 3.05) is 45.6 Å². The van der Waals surface area contributed by atoms with Crippen LogP contribution in [0.2, 0.25) is 0 Å². The van der Waals surface area contributed by atoms with E-state index in [1.54, 1.807) is 0 Å². The zero-order valence-electron chi connectivity index (χ0n) is 14.0. The largest absolute Gasteiger partial charge is 0.387 e. The van der Waals surface area contributed by atoms with Gasteiger partial charge in [-0.25, -0.2) is 0 Å². The first kappa shape index (κ1) is 15.3. The van der Waals surface area contributed by atoms with Gasteiger partial charge in [-0.1, -0.05) is 11.6 Å². The summed E-state index contributed by atoms with van der Waals surface area (Å²) >= 11 is 0. The molecule has 0 unspecified atom stereocenters. The fraction of sp³-hybridized carbons (Fsp3) is 0.611. The van der Waals surface area contributed by atoms with Gasteiger partial charge in [0.25, 0.3) is 5.91 Å². The third-order valence-corrected chi connectivity index (χ3v) is 5.42. The van der Waals surface area contributed by atoms with Crippen molar-refractivity contribution in [3.05, 3.63) is 29.3 Å². The number of rotatable bonds is 2. The van der Waals surface area contributed by atoms with Gasteiger partial charge in [0.15, 0.2) is 0 Å². The molecule has 0 saturated carbocycles. The van der Waals surface area contributed by atoms with Crippen LogP contribution in [0.4, 0.5) is 5.69 Å². The minimum atomic E-state index is 0.175. The normalized spacial score (nSPS) is 21.3.